The monoisotopic (exact) mass is 434 g/mol. The van der Waals surface area contributed by atoms with Gasteiger partial charge in [0.05, 0.1) is 17.4 Å². The van der Waals surface area contributed by atoms with E-state index in [1.165, 1.54) is 6.92 Å². The van der Waals surface area contributed by atoms with Crippen LogP contribution in [0.15, 0.2) is 0 Å². The molecule has 176 valence electrons. The average molecular weight is 435 g/mol. The lowest BCUT2D eigenvalue weighted by atomic mass is 9.91. The minimum Gasteiger partial charge on any atom is -0.462 e. The summed E-state index contributed by atoms with van der Waals surface area (Å²) in [5, 5.41) is 17.4. The number of esters is 3. The number of aliphatic hydroxyl groups excluding tert-OH is 2. The molecule has 0 saturated carbocycles. The second-order valence-corrected chi connectivity index (χ2v) is 8.14. The molecule has 0 aliphatic rings. The van der Waals surface area contributed by atoms with E-state index in [9.17, 15) is 19.2 Å². The van der Waals surface area contributed by atoms with E-state index in [1.807, 2.05) is 13.8 Å². The number of carbonyl (C=O) groups excluding carboxylic acids is 4. The highest BCUT2D eigenvalue weighted by atomic mass is 16.6. The molecule has 0 aromatic carbocycles. The maximum Gasteiger partial charge on any atom is 0.313 e. The van der Waals surface area contributed by atoms with Crippen LogP contribution in [-0.4, -0.2) is 66.4 Å². The zero-order chi connectivity index (χ0) is 24.0. The van der Waals surface area contributed by atoms with E-state index in [4.69, 9.17) is 24.4 Å². The predicted octanol–water partition coefficient (Wildman–Crippen LogP) is 1.81. The third-order valence-electron chi connectivity index (χ3n) is 4.46. The van der Waals surface area contributed by atoms with E-state index in [1.54, 1.807) is 27.7 Å². The van der Waals surface area contributed by atoms with Gasteiger partial charge in [-0.05, 0) is 47.5 Å². The summed E-state index contributed by atoms with van der Waals surface area (Å²) in [6.45, 7) is 11.7. The van der Waals surface area contributed by atoms with Crippen molar-refractivity contribution in [3.63, 3.8) is 0 Å². The number of carbonyl (C=O) groups is 4. The Balaban J connectivity index is 0. The standard InChI is InChI=1S/C12H20O5.C9H18O4/c1-5-12(3,4)11(15)17-7-6-16-10(14)8-9(2)13;1-4-9(2,3)8(12)13-6-7(11)5-10/h5-8H2,1-4H3;7,10-11H,4-6H2,1-3H3. The van der Waals surface area contributed by atoms with Crippen LogP contribution >= 0.6 is 0 Å². The summed E-state index contributed by atoms with van der Waals surface area (Å²) in [5.41, 5.74) is -1.04. The zero-order valence-electron chi connectivity index (χ0n) is 19.3. The van der Waals surface area contributed by atoms with Gasteiger partial charge in [-0.15, -0.1) is 0 Å². The Kier molecular flexibility index (Phi) is 15.0. The lowest BCUT2D eigenvalue weighted by Gasteiger charge is -2.21. The molecule has 0 saturated heterocycles. The normalized spacial score (nSPS) is 12.2. The van der Waals surface area contributed by atoms with Gasteiger partial charge in [0.1, 0.15) is 38.1 Å². The summed E-state index contributed by atoms with van der Waals surface area (Å²) in [6, 6.07) is 0. The van der Waals surface area contributed by atoms with E-state index >= 15 is 0 Å². The van der Waals surface area contributed by atoms with Gasteiger partial charge in [-0.3, -0.25) is 19.2 Å². The molecule has 0 aromatic heterocycles. The van der Waals surface area contributed by atoms with Gasteiger partial charge in [-0.1, -0.05) is 13.8 Å². The molecule has 0 aliphatic carbocycles. The van der Waals surface area contributed by atoms with E-state index < -0.39 is 22.9 Å². The number of hydrogen-bond donors (Lipinski definition) is 2. The van der Waals surface area contributed by atoms with Crippen molar-refractivity contribution in [1.82, 2.24) is 0 Å². The van der Waals surface area contributed by atoms with Crippen LogP contribution in [0.4, 0.5) is 0 Å². The average Bonchev–Trinajstić information content (AvgIpc) is 2.68. The van der Waals surface area contributed by atoms with Crippen LogP contribution in [0.2, 0.25) is 0 Å². The first-order valence-corrected chi connectivity index (χ1v) is 10.0. The molecule has 0 bridgehead atoms. The smallest absolute Gasteiger partial charge is 0.313 e. The second-order valence-electron chi connectivity index (χ2n) is 8.14. The largest absolute Gasteiger partial charge is 0.462 e. The molecule has 0 aliphatic heterocycles. The van der Waals surface area contributed by atoms with Gasteiger partial charge < -0.3 is 24.4 Å². The molecule has 0 spiro atoms. The minimum atomic E-state index is -0.975. The molecule has 0 rings (SSSR count). The first kappa shape index (κ1) is 30.2. The number of ether oxygens (including phenoxy) is 3. The molecule has 1 unspecified atom stereocenters. The summed E-state index contributed by atoms with van der Waals surface area (Å²) in [6.07, 6.45) is 0.141. The predicted molar refractivity (Wildman–Crippen MR) is 109 cm³/mol. The van der Waals surface area contributed by atoms with Gasteiger partial charge in [0.25, 0.3) is 0 Å². The topological polar surface area (TPSA) is 136 Å². The van der Waals surface area contributed by atoms with Crippen molar-refractivity contribution in [1.29, 1.82) is 0 Å². The molecule has 0 fully saturated rings. The highest BCUT2D eigenvalue weighted by molar-refractivity contribution is 5.94. The highest BCUT2D eigenvalue weighted by Gasteiger charge is 2.28. The summed E-state index contributed by atoms with van der Waals surface area (Å²) in [4.78, 5) is 44.3. The Morgan fingerprint density at radius 3 is 1.67 bits per heavy atom. The summed E-state index contributed by atoms with van der Waals surface area (Å²) in [7, 11) is 0. The third kappa shape index (κ3) is 14.1. The van der Waals surface area contributed by atoms with Crippen LogP contribution < -0.4 is 0 Å². The number of ketones is 1. The number of aliphatic hydroxyl groups is 2. The lowest BCUT2D eigenvalue weighted by Crippen LogP contribution is -2.30. The highest BCUT2D eigenvalue weighted by Crippen LogP contribution is 2.22. The summed E-state index contributed by atoms with van der Waals surface area (Å²) < 4.78 is 14.5. The Morgan fingerprint density at radius 1 is 0.833 bits per heavy atom. The Hall–Kier alpha value is -2.00. The fourth-order valence-corrected chi connectivity index (χ4v) is 1.45. The molecule has 0 aromatic rings. The molecular weight excluding hydrogens is 396 g/mol. The van der Waals surface area contributed by atoms with Crippen molar-refractivity contribution in [2.24, 2.45) is 10.8 Å². The van der Waals surface area contributed by atoms with Crippen molar-refractivity contribution in [2.45, 2.75) is 73.8 Å². The number of hydrogen-bond acceptors (Lipinski definition) is 9. The van der Waals surface area contributed by atoms with E-state index in [-0.39, 0.29) is 50.6 Å². The molecule has 0 radical (unpaired) electrons. The van der Waals surface area contributed by atoms with Crippen molar-refractivity contribution in [2.75, 3.05) is 26.4 Å². The third-order valence-corrected chi connectivity index (χ3v) is 4.46. The maximum absolute atomic E-state index is 11.5. The van der Waals surface area contributed by atoms with Gasteiger partial charge in [-0.2, -0.15) is 0 Å². The molecule has 30 heavy (non-hydrogen) atoms. The molecule has 0 amide bonds. The molecule has 0 heterocycles. The molecule has 9 nitrogen and oxygen atoms in total. The van der Waals surface area contributed by atoms with Crippen LogP contribution in [0.25, 0.3) is 0 Å². The molecular formula is C21H38O9. The van der Waals surface area contributed by atoms with E-state index in [0.717, 1.165) is 0 Å². The van der Waals surface area contributed by atoms with Crippen molar-refractivity contribution in [3.8, 4) is 0 Å². The van der Waals surface area contributed by atoms with Crippen LogP contribution in [0.5, 0.6) is 0 Å². The van der Waals surface area contributed by atoms with Crippen LogP contribution in [0, 0.1) is 10.8 Å². The summed E-state index contributed by atoms with van der Waals surface area (Å²) >= 11 is 0. The van der Waals surface area contributed by atoms with E-state index in [0.29, 0.717) is 12.8 Å². The Labute approximate surface area is 179 Å². The fraction of sp³-hybridized carbons (Fsp3) is 0.810. The van der Waals surface area contributed by atoms with Crippen molar-refractivity contribution >= 4 is 23.7 Å². The van der Waals surface area contributed by atoms with E-state index in [2.05, 4.69) is 0 Å². The number of rotatable bonds is 12. The molecule has 1 atom stereocenters. The summed E-state index contributed by atoms with van der Waals surface area (Å²) in [5.74, 6) is -1.51. The van der Waals surface area contributed by atoms with Crippen molar-refractivity contribution in [3.05, 3.63) is 0 Å². The molecule has 2 N–H and O–H groups in total. The maximum atomic E-state index is 11.5. The molecule has 9 heteroatoms. The van der Waals surface area contributed by atoms with Crippen LogP contribution in [-0.2, 0) is 33.4 Å². The van der Waals surface area contributed by atoms with Crippen LogP contribution in [0.1, 0.15) is 67.7 Å². The van der Waals surface area contributed by atoms with Gasteiger partial charge >= 0.3 is 17.9 Å². The van der Waals surface area contributed by atoms with Crippen molar-refractivity contribution < 1.29 is 43.6 Å². The van der Waals surface area contributed by atoms with Gasteiger partial charge in [0.15, 0.2) is 0 Å². The van der Waals surface area contributed by atoms with Gasteiger partial charge in [0, 0.05) is 0 Å². The first-order valence-electron chi connectivity index (χ1n) is 10.0. The van der Waals surface area contributed by atoms with Gasteiger partial charge in [-0.25, -0.2) is 0 Å². The quantitative estimate of drug-likeness (QED) is 0.204. The number of Topliss-reactive ketones (excluding diaryl/α,β-unsaturated/α-hetero) is 1. The second kappa shape index (κ2) is 14.9. The zero-order valence-corrected chi connectivity index (χ0v) is 19.3. The lowest BCUT2D eigenvalue weighted by molar-refractivity contribution is -0.159. The van der Waals surface area contributed by atoms with Crippen LogP contribution in [0.3, 0.4) is 0 Å². The Bertz CT molecular complexity index is 553. The SMILES string of the molecule is CCC(C)(C)C(=O)OCC(O)CO.CCC(C)(C)C(=O)OCCOC(=O)CC(C)=O. The Morgan fingerprint density at radius 2 is 1.27 bits per heavy atom. The fourth-order valence-electron chi connectivity index (χ4n) is 1.45. The van der Waals surface area contributed by atoms with Gasteiger partial charge in [0.2, 0.25) is 0 Å². The first-order chi connectivity index (χ1) is 13.7. The minimum absolute atomic E-state index is 0.0162.